The second kappa shape index (κ2) is 3.39. The van der Waals surface area contributed by atoms with Gasteiger partial charge in [0, 0.05) is 11.6 Å². The fraction of sp³-hybridized carbons (Fsp3) is 0.0833. The van der Waals surface area contributed by atoms with Crippen LogP contribution in [-0.2, 0) is 6.42 Å². The monoisotopic (exact) mass is 182 g/mol. The Hall–Kier alpha value is -2.01. The third-order valence-corrected chi connectivity index (χ3v) is 2.27. The fourth-order valence-electron chi connectivity index (χ4n) is 1.65. The lowest BCUT2D eigenvalue weighted by Crippen LogP contribution is -1.82. The third-order valence-electron chi connectivity index (χ3n) is 2.27. The topological polar surface area (TPSA) is 28.7 Å². The summed E-state index contributed by atoms with van der Waals surface area (Å²) in [4.78, 5) is 0. The van der Waals surface area contributed by atoms with Crippen molar-refractivity contribution in [3.8, 4) is 6.19 Å². The van der Waals surface area contributed by atoms with Crippen LogP contribution in [0.3, 0.4) is 0 Å². The minimum absolute atomic E-state index is 0.801. The van der Waals surface area contributed by atoms with E-state index in [1.807, 2.05) is 36.5 Å². The van der Waals surface area contributed by atoms with Crippen LogP contribution in [0, 0.1) is 11.5 Å². The first kappa shape index (κ1) is 8.58. The Bertz CT molecular complexity index is 515. The standard InChI is InChI=1S/C12H10N2/c1-2-5-10-8-14(9-13)12-7-4-3-6-11(10)12/h2-4,6-8H,1,5H2. The number of aromatic nitrogens is 1. The summed E-state index contributed by atoms with van der Waals surface area (Å²) < 4.78 is 1.59. The Kier molecular flexibility index (Phi) is 2.08. The summed E-state index contributed by atoms with van der Waals surface area (Å²) in [6.07, 6.45) is 6.65. The van der Waals surface area contributed by atoms with Crippen LogP contribution in [0.15, 0.2) is 43.1 Å². The van der Waals surface area contributed by atoms with E-state index in [1.54, 1.807) is 4.57 Å². The molecule has 0 atom stereocenters. The molecule has 1 heterocycles. The summed E-state index contributed by atoms with van der Waals surface area (Å²) in [6, 6.07) is 7.90. The van der Waals surface area contributed by atoms with Crippen molar-refractivity contribution in [1.82, 2.24) is 4.57 Å². The van der Waals surface area contributed by atoms with Gasteiger partial charge in [0.25, 0.3) is 0 Å². The fourth-order valence-corrected chi connectivity index (χ4v) is 1.65. The van der Waals surface area contributed by atoms with E-state index < -0.39 is 0 Å². The highest BCUT2D eigenvalue weighted by molar-refractivity contribution is 5.84. The number of para-hydroxylation sites is 1. The molecular formula is C12H10N2. The maximum absolute atomic E-state index is 8.90. The van der Waals surface area contributed by atoms with Crippen LogP contribution in [0.4, 0.5) is 0 Å². The van der Waals surface area contributed by atoms with Gasteiger partial charge in [-0.3, -0.25) is 4.57 Å². The van der Waals surface area contributed by atoms with E-state index in [9.17, 15) is 0 Å². The minimum atomic E-state index is 0.801. The average molecular weight is 182 g/mol. The molecule has 0 fully saturated rings. The van der Waals surface area contributed by atoms with E-state index in [-0.39, 0.29) is 0 Å². The van der Waals surface area contributed by atoms with E-state index in [4.69, 9.17) is 5.26 Å². The molecule has 0 spiro atoms. The molecule has 1 aromatic heterocycles. The molecule has 0 amide bonds. The second-order valence-corrected chi connectivity index (χ2v) is 3.13. The number of nitriles is 1. The summed E-state index contributed by atoms with van der Waals surface area (Å²) in [6.45, 7) is 3.71. The number of hydrogen-bond donors (Lipinski definition) is 0. The van der Waals surface area contributed by atoms with Crippen molar-refractivity contribution in [3.63, 3.8) is 0 Å². The summed E-state index contributed by atoms with van der Waals surface area (Å²) >= 11 is 0. The highest BCUT2D eigenvalue weighted by atomic mass is 14.9. The zero-order chi connectivity index (χ0) is 9.97. The molecule has 2 rings (SSSR count). The maximum atomic E-state index is 8.90. The van der Waals surface area contributed by atoms with Crippen LogP contribution in [0.25, 0.3) is 10.9 Å². The van der Waals surface area contributed by atoms with E-state index in [2.05, 4.69) is 12.8 Å². The minimum Gasteiger partial charge on any atom is -0.254 e. The predicted octanol–water partition coefficient (Wildman–Crippen LogP) is 2.70. The first-order chi connectivity index (χ1) is 6.86. The van der Waals surface area contributed by atoms with Gasteiger partial charge < -0.3 is 0 Å². The van der Waals surface area contributed by atoms with E-state index in [1.165, 1.54) is 0 Å². The number of hydrogen-bond acceptors (Lipinski definition) is 1. The van der Waals surface area contributed by atoms with Gasteiger partial charge in [0.05, 0.1) is 5.52 Å². The molecule has 0 saturated carbocycles. The van der Waals surface area contributed by atoms with Crippen LogP contribution in [0.2, 0.25) is 0 Å². The molecule has 0 N–H and O–H groups in total. The number of allylic oxidation sites excluding steroid dienone is 1. The number of nitrogens with zero attached hydrogens (tertiary/aromatic N) is 2. The van der Waals surface area contributed by atoms with Crippen LogP contribution < -0.4 is 0 Å². The van der Waals surface area contributed by atoms with E-state index >= 15 is 0 Å². The van der Waals surface area contributed by atoms with Gasteiger partial charge in [0.2, 0.25) is 0 Å². The molecule has 0 radical (unpaired) electrons. The molecule has 68 valence electrons. The molecule has 0 aliphatic heterocycles. The van der Waals surface area contributed by atoms with Crippen molar-refractivity contribution in [1.29, 1.82) is 5.26 Å². The second-order valence-electron chi connectivity index (χ2n) is 3.13. The summed E-state index contributed by atoms with van der Waals surface area (Å²) in [7, 11) is 0. The van der Waals surface area contributed by atoms with E-state index in [0.29, 0.717) is 0 Å². The van der Waals surface area contributed by atoms with Gasteiger partial charge in [-0.2, -0.15) is 5.26 Å². The first-order valence-corrected chi connectivity index (χ1v) is 4.47. The summed E-state index contributed by atoms with van der Waals surface area (Å²) in [5, 5.41) is 10.0. The summed E-state index contributed by atoms with van der Waals surface area (Å²) in [5.41, 5.74) is 2.11. The van der Waals surface area contributed by atoms with Crippen molar-refractivity contribution in [2.24, 2.45) is 0 Å². The maximum Gasteiger partial charge on any atom is 0.188 e. The SMILES string of the molecule is C=CCc1cn(C#N)c2ccccc12. The Morgan fingerprint density at radius 1 is 1.43 bits per heavy atom. The van der Waals surface area contributed by atoms with Crippen LogP contribution in [0.1, 0.15) is 5.56 Å². The number of fused-ring (bicyclic) bond motifs is 1. The number of rotatable bonds is 2. The quantitative estimate of drug-likeness (QED) is 0.656. The van der Waals surface area contributed by atoms with Crippen molar-refractivity contribution in [3.05, 3.63) is 48.7 Å². The Balaban J connectivity index is 2.74. The normalized spacial score (nSPS) is 9.93. The van der Waals surface area contributed by atoms with Gasteiger partial charge in [-0.1, -0.05) is 24.3 Å². The van der Waals surface area contributed by atoms with Gasteiger partial charge in [0.1, 0.15) is 0 Å². The molecule has 1 aromatic carbocycles. The average Bonchev–Trinajstić information content (AvgIpc) is 2.58. The Morgan fingerprint density at radius 3 is 2.93 bits per heavy atom. The lowest BCUT2D eigenvalue weighted by molar-refractivity contribution is 1.13. The molecule has 0 aliphatic carbocycles. The highest BCUT2D eigenvalue weighted by Gasteiger charge is 2.05. The first-order valence-electron chi connectivity index (χ1n) is 4.47. The lowest BCUT2D eigenvalue weighted by atomic mass is 10.1. The van der Waals surface area contributed by atoms with Gasteiger partial charge in [-0.15, -0.1) is 6.58 Å². The highest BCUT2D eigenvalue weighted by Crippen LogP contribution is 2.20. The molecule has 14 heavy (non-hydrogen) atoms. The third kappa shape index (κ3) is 1.20. The van der Waals surface area contributed by atoms with Gasteiger partial charge in [-0.05, 0) is 18.1 Å². The molecule has 0 bridgehead atoms. The zero-order valence-electron chi connectivity index (χ0n) is 7.77. The molecule has 2 nitrogen and oxygen atoms in total. The lowest BCUT2D eigenvalue weighted by Gasteiger charge is -1.92. The molecule has 2 heteroatoms. The summed E-state index contributed by atoms with van der Waals surface area (Å²) in [5.74, 6) is 0. The van der Waals surface area contributed by atoms with Crippen molar-refractivity contribution in [2.75, 3.05) is 0 Å². The van der Waals surface area contributed by atoms with Crippen molar-refractivity contribution in [2.45, 2.75) is 6.42 Å². The molecule has 2 aromatic rings. The van der Waals surface area contributed by atoms with Gasteiger partial charge in [0.15, 0.2) is 6.19 Å². The van der Waals surface area contributed by atoms with Gasteiger partial charge in [-0.25, -0.2) is 0 Å². The predicted molar refractivity (Wildman–Crippen MR) is 56.9 cm³/mol. The Morgan fingerprint density at radius 2 is 2.21 bits per heavy atom. The number of benzene rings is 1. The van der Waals surface area contributed by atoms with Crippen molar-refractivity contribution < 1.29 is 0 Å². The smallest absolute Gasteiger partial charge is 0.188 e. The largest absolute Gasteiger partial charge is 0.254 e. The molecule has 0 saturated heterocycles. The van der Waals surface area contributed by atoms with Crippen LogP contribution >= 0.6 is 0 Å². The van der Waals surface area contributed by atoms with Crippen molar-refractivity contribution >= 4 is 10.9 Å². The van der Waals surface area contributed by atoms with Crippen LogP contribution in [-0.4, -0.2) is 4.57 Å². The van der Waals surface area contributed by atoms with Crippen LogP contribution in [0.5, 0.6) is 0 Å². The molecular weight excluding hydrogens is 172 g/mol. The Labute approximate surface area is 82.7 Å². The van der Waals surface area contributed by atoms with E-state index in [0.717, 1.165) is 22.9 Å². The zero-order valence-corrected chi connectivity index (χ0v) is 7.77. The van der Waals surface area contributed by atoms with Gasteiger partial charge >= 0.3 is 0 Å². The molecule has 0 unspecified atom stereocenters. The molecule has 0 aliphatic rings.